The van der Waals surface area contributed by atoms with E-state index < -0.39 is 5.97 Å². The van der Waals surface area contributed by atoms with Crippen LogP contribution in [-0.2, 0) is 11.3 Å². The maximum Gasteiger partial charge on any atom is 0.104 e. The smallest absolute Gasteiger partial charge is 0.104 e. The number of carbonyl (C=O) groups excluding carboxylic acids is 1. The molecule has 0 atom stereocenters. The summed E-state index contributed by atoms with van der Waals surface area (Å²) < 4.78 is 1.11. The van der Waals surface area contributed by atoms with E-state index in [9.17, 15) is 9.90 Å². The number of unbranched alkanes of at least 4 members (excludes halogenated alkanes) is 14. The summed E-state index contributed by atoms with van der Waals surface area (Å²) in [6.45, 7) is 6.88. The molecule has 0 amide bonds. The first kappa shape index (κ1) is 39.9. The number of nitrogens with zero attached hydrogens (tertiary/aromatic N) is 1. The number of carboxylic acids is 1. The van der Waals surface area contributed by atoms with E-state index in [-0.39, 0.29) is 6.42 Å². The number of benzene rings is 1. The van der Waals surface area contributed by atoms with Crippen molar-refractivity contribution in [2.45, 2.75) is 149 Å². The number of rotatable bonds is 26. The zero-order valence-corrected chi connectivity index (χ0v) is 28.2. The largest absolute Gasteiger partial charge is 0.550 e. The van der Waals surface area contributed by atoms with Gasteiger partial charge in [0.25, 0.3) is 0 Å². The van der Waals surface area contributed by atoms with Crippen molar-refractivity contribution >= 4 is 5.97 Å². The third-order valence-corrected chi connectivity index (χ3v) is 7.60. The molecule has 0 fully saturated rings. The van der Waals surface area contributed by atoms with Crippen molar-refractivity contribution in [3.05, 3.63) is 72.4 Å². The first-order chi connectivity index (χ1) is 20.4. The molecule has 0 aliphatic carbocycles. The van der Waals surface area contributed by atoms with Crippen molar-refractivity contribution in [3.8, 4) is 0 Å². The monoisotopic (exact) mass is 582 g/mol. The molecule has 0 bridgehead atoms. The Morgan fingerprint density at radius 2 is 1.14 bits per heavy atom. The van der Waals surface area contributed by atoms with E-state index in [0.29, 0.717) is 0 Å². The lowest BCUT2D eigenvalue weighted by Gasteiger charge is -2.30. The van der Waals surface area contributed by atoms with Crippen molar-refractivity contribution in [3.63, 3.8) is 0 Å². The summed E-state index contributed by atoms with van der Waals surface area (Å²) in [5.74, 6) is -0.925. The first-order valence-corrected chi connectivity index (χ1v) is 17.4. The summed E-state index contributed by atoms with van der Waals surface area (Å²) in [5, 5.41) is 10.2. The Morgan fingerprint density at radius 1 is 0.643 bits per heavy atom. The van der Waals surface area contributed by atoms with Gasteiger partial charge < -0.3 is 14.4 Å². The Labute approximate surface area is 261 Å². The van der Waals surface area contributed by atoms with Crippen LogP contribution in [0.25, 0.3) is 0 Å². The van der Waals surface area contributed by atoms with Gasteiger partial charge in [0.15, 0.2) is 0 Å². The molecule has 0 aliphatic rings. The fourth-order valence-electron chi connectivity index (χ4n) is 5.07. The molecule has 0 saturated heterocycles. The Morgan fingerprint density at radius 3 is 1.71 bits per heavy atom. The van der Waals surface area contributed by atoms with Gasteiger partial charge in [0.2, 0.25) is 0 Å². The molecule has 1 rings (SSSR count). The molecule has 1 aromatic rings. The maximum absolute atomic E-state index is 10.2. The summed E-state index contributed by atoms with van der Waals surface area (Å²) in [4.78, 5) is 10.2. The van der Waals surface area contributed by atoms with Crippen LogP contribution in [0.1, 0.15) is 148 Å². The molecule has 0 spiro atoms. The molecule has 0 saturated carbocycles. The van der Waals surface area contributed by atoms with Crippen molar-refractivity contribution in [1.82, 2.24) is 0 Å². The van der Waals surface area contributed by atoms with Gasteiger partial charge >= 0.3 is 0 Å². The molecule has 0 N–H and O–H groups in total. The van der Waals surface area contributed by atoms with Crippen LogP contribution in [0.15, 0.2) is 66.8 Å². The topological polar surface area (TPSA) is 40.1 Å². The molecule has 0 heterocycles. The average Bonchev–Trinajstić information content (AvgIpc) is 2.96. The Bertz CT molecular complexity index is 794. The lowest BCUT2D eigenvalue weighted by atomic mass is 10.1. The number of hydrogen-bond acceptors (Lipinski definition) is 2. The van der Waals surface area contributed by atoms with E-state index in [1.54, 1.807) is 0 Å². The predicted octanol–water partition coefficient (Wildman–Crippen LogP) is 10.5. The molecule has 0 radical (unpaired) electrons. The highest BCUT2D eigenvalue weighted by Crippen LogP contribution is 2.14. The molecule has 0 unspecified atom stereocenters. The summed E-state index contributed by atoms with van der Waals surface area (Å²) in [6, 6.07) is 10.9. The first-order valence-electron chi connectivity index (χ1n) is 17.4. The van der Waals surface area contributed by atoms with Gasteiger partial charge in [0.05, 0.1) is 20.6 Å². The Hall–Kier alpha value is -2.13. The van der Waals surface area contributed by atoms with Gasteiger partial charge in [-0.25, -0.2) is 0 Å². The third kappa shape index (κ3) is 30.8. The van der Waals surface area contributed by atoms with Crippen LogP contribution in [0.4, 0.5) is 0 Å². The highest BCUT2D eigenvalue weighted by atomic mass is 16.4. The second-order valence-corrected chi connectivity index (χ2v) is 12.5. The van der Waals surface area contributed by atoms with E-state index in [2.05, 4.69) is 94.7 Å². The Kier molecular flexibility index (Phi) is 28.8. The molecule has 3 nitrogen and oxygen atoms in total. The summed E-state index contributed by atoms with van der Waals surface area (Å²) in [5.41, 5.74) is 1.46. The number of quaternary nitrogens is 1. The van der Waals surface area contributed by atoms with Crippen LogP contribution in [0.3, 0.4) is 0 Å². The minimum absolute atomic E-state index is 0.208. The standard InChI is InChI=1S/C21H38N.C18H30O2/c1-4-5-6-7-8-9-10-11-12-16-19-22(2,3)20-21-17-14-13-15-18-21;1-2-3-4-5-6-7-8-9-10-11-12-13-14-15-16-17-18(19)20/h13-15,17-18H,4-12,16,19-20H2,1-3H3;3-4,6-7,9-10H,2,5,8,11-17H2,1H3,(H,19,20)/q+1;/p-1/b;4-3-,7-6-,10-9-. The number of allylic oxidation sites excluding steroid dienone is 6. The Balaban J connectivity index is 0.000000805. The van der Waals surface area contributed by atoms with Crippen LogP contribution in [0, 0.1) is 0 Å². The van der Waals surface area contributed by atoms with Gasteiger partial charge in [-0.3, -0.25) is 0 Å². The van der Waals surface area contributed by atoms with Gasteiger partial charge in [-0.2, -0.15) is 0 Å². The van der Waals surface area contributed by atoms with E-state index in [1.165, 1.54) is 89.2 Å². The average molecular weight is 582 g/mol. The normalized spacial score (nSPS) is 11.9. The van der Waals surface area contributed by atoms with Gasteiger partial charge in [0, 0.05) is 11.5 Å². The predicted molar refractivity (Wildman–Crippen MR) is 183 cm³/mol. The van der Waals surface area contributed by atoms with Crippen molar-refractivity contribution in [2.24, 2.45) is 0 Å². The third-order valence-electron chi connectivity index (χ3n) is 7.60. The minimum atomic E-state index is -0.925. The quantitative estimate of drug-likeness (QED) is 0.0620. The van der Waals surface area contributed by atoms with Crippen molar-refractivity contribution in [1.29, 1.82) is 0 Å². The zero-order chi connectivity index (χ0) is 31.0. The fourth-order valence-corrected chi connectivity index (χ4v) is 5.07. The van der Waals surface area contributed by atoms with Crippen LogP contribution < -0.4 is 5.11 Å². The minimum Gasteiger partial charge on any atom is -0.550 e. The van der Waals surface area contributed by atoms with E-state index in [4.69, 9.17) is 0 Å². The van der Waals surface area contributed by atoms with E-state index in [1.807, 2.05) is 0 Å². The molecule has 240 valence electrons. The fraction of sp³-hybridized carbons (Fsp3) is 0.667. The molecular weight excluding hydrogens is 514 g/mol. The molecular formula is C39H67NO2. The van der Waals surface area contributed by atoms with Crippen molar-refractivity contribution < 1.29 is 14.4 Å². The van der Waals surface area contributed by atoms with Crippen LogP contribution >= 0.6 is 0 Å². The summed E-state index contributed by atoms with van der Waals surface area (Å²) in [7, 11) is 4.72. The van der Waals surface area contributed by atoms with E-state index >= 15 is 0 Å². The SMILES string of the molecule is CC/C=C\C/C=C\C/C=C\CCCCCCCC(=O)[O-].CCCCCCCCCCCC[N+](C)(C)Cc1ccccc1. The number of hydrogen-bond donors (Lipinski definition) is 0. The second kappa shape index (κ2) is 30.3. The lowest BCUT2D eigenvalue weighted by Crippen LogP contribution is -2.39. The number of aliphatic carboxylic acids is 1. The lowest BCUT2D eigenvalue weighted by molar-refractivity contribution is -0.903. The van der Waals surface area contributed by atoms with Gasteiger partial charge in [-0.1, -0.05) is 151 Å². The van der Waals surface area contributed by atoms with Crippen LogP contribution in [0.5, 0.6) is 0 Å². The molecule has 42 heavy (non-hydrogen) atoms. The molecule has 1 aromatic carbocycles. The maximum atomic E-state index is 10.2. The molecule has 0 aromatic heterocycles. The zero-order valence-electron chi connectivity index (χ0n) is 28.2. The molecule has 3 heteroatoms. The van der Waals surface area contributed by atoms with E-state index in [0.717, 1.165) is 56.0 Å². The number of carboxylic acid groups (broad SMARTS) is 1. The highest BCUT2D eigenvalue weighted by molar-refractivity contribution is 5.64. The molecule has 0 aliphatic heterocycles. The van der Waals surface area contributed by atoms with Crippen molar-refractivity contribution in [2.75, 3.05) is 20.6 Å². The number of carbonyl (C=O) groups is 1. The van der Waals surface area contributed by atoms with Gasteiger partial charge in [-0.05, 0) is 57.8 Å². The second-order valence-electron chi connectivity index (χ2n) is 12.5. The van der Waals surface area contributed by atoms with Crippen LogP contribution in [0.2, 0.25) is 0 Å². The highest BCUT2D eigenvalue weighted by Gasteiger charge is 2.14. The summed E-state index contributed by atoms with van der Waals surface area (Å²) >= 11 is 0. The van der Waals surface area contributed by atoms with Gasteiger partial charge in [0.1, 0.15) is 6.54 Å². The van der Waals surface area contributed by atoms with Crippen LogP contribution in [-0.4, -0.2) is 31.1 Å². The van der Waals surface area contributed by atoms with Gasteiger partial charge in [-0.15, -0.1) is 0 Å². The summed E-state index contributed by atoms with van der Waals surface area (Å²) in [6.07, 6.45) is 37.3.